The smallest absolute Gasteiger partial charge is 0.217 e. The molecule has 3 aromatic heterocycles. The summed E-state index contributed by atoms with van der Waals surface area (Å²) in [6.07, 6.45) is 5.18. The van der Waals surface area contributed by atoms with E-state index in [4.69, 9.17) is 5.73 Å². The zero-order valence-corrected chi connectivity index (χ0v) is 18.9. The standard InChI is InChI=1S/C22H27N9O3/c1-14(32)11-30-12-18(26-28-30)16-3-2-4-17(25-16)19-13-31(29-27-19)20(5-6-21(23)33)22(34)15-7-9-24-10-8-15/h2-4,12-13,15,20,24H,5-11H2,1H3,(H2,23,33)/t20-/m0/s1. The van der Waals surface area contributed by atoms with Crippen molar-refractivity contribution < 1.29 is 14.4 Å². The summed E-state index contributed by atoms with van der Waals surface area (Å²) in [5.41, 5.74) is 7.47. The van der Waals surface area contributed by atoms with Crippen LogP contribution in [0.5, 0.6) is 0 Å². The zero-order valence-electron chi connectivity index (χ0n) is 18.9. The summed E-state index contributed by atoms with van der Waals surface area (Å²) in [5.74, 6) is -0.538. The Labute approximate surface area is 195 Å². The number of hydrogen-bond donors (Lipinski definition) is 2. The molecule has 4 heterocycles. The summed E-state index contributed by atoms with van der Waals surface area (Å²) in [6.45, 7) is 3.19. The Morgan fingerprint density at radius 2 is 1.74 bits per heavy atom. The minimum atomic E-state index is -0.619. The fraction of sp³-hybridized carbons (Fsp3) is 0.455. The quantitative estimate of drug-likeness (QED) is 0.435. The number of carbonyl (C=O) groups excluding carboxylic acids is 3. The van der Waals surface area contributed by atoms with Gasteiger partial charge in [-0.2, -0.15) is 0 Å². The molecule has 1 atom stereocenters. The van der Waals surface area contributed by atoms with Crippen LogP contribution in [0.2, 0.25) is 0 Å². The number of amides is 1. The molecular formula is C22H27N9O3. The molecule has 1 fully saturated rings. The molecule has 0 radical (unpaired) electrons. The SMILES string of the molecule is CC(=O)Cn1cc(-c2cccc(-c3cn([C@@H](CCC(N)=O)C(=O)C4CCNCC4)nn3)n2)nn1. The second-order valence-electron chi connectivity index (χ2n) is 8.44. The van der Waals surface area contributed by atoms with Crippen LogP contribution in [0.15, 0.2) is 30.6 Å². The molecule has 3 N–H and O–H groups in total. The molecule has 34 heavy (non-hydrogen) atoms. The third-order valence-electron chi connectivity index (χ3n) is 5.76. The first-order valence-corrected chi connectivity index (χ1v) is 11.2. The number of piperidine rings is 1. The van der Waals surface area contributed by atoms with Gasteiger partial charge in [-0.05, 0) is 51.4 Å². The van der Waals surface area contributed by atoms with Gasteiger partial charge in [-0.25, -0.2) is 14.3 Å². The van der Waals surface area contributed by atoms with Crippen LogP contribution in [0, 0.1) is 5.92 Å². The lowest BCUT2D eigenvalue weighted by molar-refractivity contribution is -0.127. The average Bonchev–Trinajstić information content (AvgIpc) is 3.49. The van der Waals surface area contributed by atoms with Gasteiger partial charge in [-0.15, -0.1) is 10.2 Å². The number of nitrogens with zero attached hydrogens (tertiary/aromatic N) is 7. The van der Waals surface area contributed by atoms with Crippen molar-refractivity contribution in [3.8, 4) is 22.8 Å². The first-order valence-electron chi connectivity index (χ1n) is 11.2. The van der Waals surface area contributed by atoms with Gasteiger partial charge >= 0.3 is 0 Å². The number of primary amides is 1. The Hall–Kier alpha value is -3.80. The number of rotatable bonds is 10. The Bertz CT molecular complexity index is 1180. The van der Waals surface area contributed by atoms with Gasteiger partial charge in [-0.3, -0.25) is 14.4 Å². The van der Waals surface area contributed by atoms with Crippen LogP contribution in [-0.2, 0) is 20.9 Å². The van der Waals surface area contributed by atoms with E-state index in [9.17, 15) is 14.4 Å². The van der Waals surface area contributed by atoms with Gasteiger partial charge in [0.15, 0.2) is 11.6 Å². The molecule has 1 aliphatic rings. The topological polar surface area (TPSA) is 164 Å². The highest BCUT2D eigenvalue weighted by Crippen LogP contribution is 2.26. The van der Waals surface area contributed by atoms with Gasteiger partial charge in [0.2, 0.25) is 5.91 Å². The molecule has 0 aliphatic carbocycles. The second-order valence-corrected chi connectivity index (χ2v) is 8.44. The maximum atomic E-state index is 13.2. The first kappa shape index (κ1) is 23.4. The van der Waals surface area contributed by atoms with Gasteiger partial charge in [0.05, 0.1) is 23.8 Å². The van der Waals surface area contributed by atoms with E-state index < -0.39 is 11.9 Å². The fourth-order valence-corrected chi connectivity index (χ4v) is 4.05. The average molecular weight is 466 g/mol. The minimum Gasteiger partial charge on any atom is -0.370 e. The van der Waals surface area contributed by atoms with Gasteiger partial charge < -0.3 is 11.1 Å². The maximum Gasteiger partial charge on any atom is 0.217 e. The Kier molecular flexibility index (Phi) is 7.16. The van der Waals surface area contributed by atoms with Crippen LogP contribution in [0.25, 0.3) is 22.8 Å². The van der Waals surface area contributed by atoms with Crippen molar-refractivity contribution in [2.45, 2.75) is 45.2 Å². The number of ketones is 2. The van der Waals surface area contributed by atoms with Crippen LogP contribution < -0.4 is 11.1 Å². The number of carbonyl (C=O) groups is 3. The Balaban J connectivity index is 1.57. The largest absolute Gasteiger partial charge is 0.370 e. The molecule has 0 spiro atoms. The van der Waals surface area contributed by atoms with Crippen molar-refractivity contribution in [2.24, 2.45) is 11.7 Å². The third kappa shape index (κ3) is 5.57. The molecule has 0 unspecified atom stereocenters. The number of pyridine rings is 1. The van der Waals surface area contributed by atoms with Crippen LogP contribution in [-0.4, -0.2) is 65.5 Å². The minimum absolute atomic E-state index is 0.0281. The summed E-state index contributed by atoms with van der Waals surface area (Å²) >= 11 is 0. The van der Waals surface area contributed by atoms with E-state index in [2.05, 4.69) is 30.9 Å². The zero-order chi connectivity index (χ0) is 24.1. The van der Waals surface area contributed by atoms with E-state index in [1.807, 2.05) is 6.07 Å². The lowest BCUT2D eigenvalue weighted by Crippen LogP contribution is -2.36. The molecule has 178 valence electrons. The number of nitrogens with one attached hydrogen (secondary N) is 1. The predicted molar refractivity (Wildman–Crippen MR) is 121 cm³/mol. The Morgan fingerprint density at radius 3 is 2.41 bits per heavy atom. The summed E-state index contributed by atoms with van der Waals surface area (Å²) < 4.78 is 2.97. The molecule has 0 aromatic carbocycles. The van der Waals surface area contributed by atoms with E-state index in [-0.39, 0.29) is 36.9 Å². The van der Waals surface area contributed by atoms with Gasteiger partial charge in [0.1, 0.15) is 24.0 Å². The highest BCUT2D eigenvalue weighted by molar-refractivity contribution is 5.86. The second kappa shape index (κ2) is 10.4. The van der Waals surface area contributed by atoms with Crippen molar-refractivity contribution >= 4 is 17.5 Å². The summed E-state index contributed by atoms with van der Waals surface area (Å²) in [7, 11) is 0. The highest BCUT2D eigenvalue weighted by Gasteiger charge is 2.30. The number of hydrogen-bond acceptors (Lipinski definition) is 9. The van der Waals surface area contributed by atoms with E-state index in [0.717, 1.165) is 25.9 Å². The Morgan fingerprint density at radius 1 is 1.06 bits per heavy atom. The molecule has 4 rings (SSSR count). The number of Topliss-reactive ketones (excluding diaryl/α,β-unsaturated/α-hetero) is 2. The van der Waals surface area contributed by atoms with E-state index >= 15 is 0 Å². The molecular weight excluding hydrogens is 438 g/mol. The summed E-state index contributed by atoms with van der Waals surface area (Å²) in [5, 5.41) is 19.7. The van der Waals surface area contributed by atoms with Crippen LogP contribution in [0.3, 0.4) is 0 Å². The van der Waals surface area contributed by atoms with E-state index in [1.165, 1.54) is 16.3 Å². The van der Waals surface area contributed by atoms with E-state index in [1.54, 1.807) is 24.5 Å². The predicted octanol–water partition coefficient (Wildman–Crippen LogP) is 0.563. The van der Waals surface area contributed by atoms with Crippen molar-refractivity contribution in [1.29, 1.82) is 0 Å². The van der Waals surface area contributed by atoms with Gasteiger partial charge in [-0.1, -0.05) is 16.5 Å². The monoisotopic (exact) mass is 465 g/mol. The summed E-state index contributed by atoms with van der Waals surface area (Å²) in [4.78, 5) is 40.6. The lowest BCUT2D eigenvalue weighted by atomic mass is 9.88. The molecule has 3 aromatic rings. The normalized spacial score (nSPS) is 15.2. The van der Waals surface area contributed by atoms with Crippen molar-refractivity contribution in [1.82, 2.24) is 40.3 Å². The van der Waals surface area contributed by atoms with Crippen LogP contribution >= 0.6 is 0 Å². The van der Waals surface area contributed by atoms with Crippen molar-refractivity contribution in [3.05, 3.63) is 30.6 Å². The molecule has 0 saturated carbocycles. The number of aromatic nitrogens is 7. The third-order valence-corrected chi connectivity index (χ3v) is 5.76. The van der Waals surface area contributed by atoms with Crippen molar-refractivity contribution in [3.63, 3.8) is 0 Å². The molecule has 1 amide bonds. The van der Waals surface area contributed by atoms with Crippen LogP contribution in [0.1, 0.15) is 38.6 Å². The number of nitrogens with two attached hydrogens (primary N) is 1. The summed E-state index contributed by atoms with van der Waals surface area (Å²) in [6, 6.07) is 4.76. The maximum absolute atomic E-state index is 13.2. The molecule has 1 saturated heterocycles. The molecule has 1 aliphatic heterocycles. The van der Waals surface area contributed by atoms with Gasteiger partial charge in [0.25, 0.3) is 0 Å². The molecule has 12 heteroatoms. The molecule has 12 nitrogen and oxygen atoms in total. The fourth-order valence-electron chi connectivity index (χ4n) is 4.05. The molecule has 0 bridgehead atoms. The highest BCUT2D eigenvalue weighted by atomic mass is 16.1. The van der Waals surface area contributed by atoms with E-state index in [0.29, 0.717) is 22.8 Å². The lowest BCUT2D eigenvalue weighted by Gasteiger charge is -2.25. The van der Waals surface area contributed by atoms with Crippen LogP contribution in [0.4, 0.5) is 0 Å². The van der Waals surface area contributed by atoms with Crippen molar-refractivity contribution in [2.75, 3.05) is 13.1 Å². The first-order chi connectivity index (χ1) is 16.4. The van der Waals surface area contributed by atoms with Gasteiger partial charge in [0, 0.05) is 12.3 Å².